The minimum atomic E-state index is -0.0174. The fraction of sp³-hybridized carbons (Fsp3) is 1.00. The summed E-state index contributed by atoms with van der Waals surface area (Å²) in [5, 5.41) is 0. The molecule has 0 amide bonds. The Bertz CT molecular complexity index is 109. The molecule has 0 radical (unpaired) electrons. The average Bonchev–Trinajstić information content (AvgIpc) is 2.14. The Labute approximate surface area is 94.1 Å². The highest BCUT2D eigenvalue weighted by Gasteiger charge is 2.14. The summed E-state index contributed by atoms with van der Waals surface area (Å²) in [6, 6.07) is 0. The first-order valence-corrected chi connectivity index (χ1v) is 16.0. The van der Waals surface area contributed by atoms with E-state index in [1.807, 2.05) is 0 Å². The molecule has 0 N–H and O–H groups in total. The molecule has 13 heavy (non-hydrogen) atoms. The van der Waals surface area contributed by atoms with Gasteiger partial charge in [-0.05, 0) is 6.16 Å². The molecule has 0 aromatic rings. The summed E-state index contributed by atoms with van der Waals surface area (Å²) in [6.45, 7) is 4.77. The molecule has 0 aromatic heterocycles. The monoisotopic (exact) mass is 294 g/mol. The molecule has 0 rings (SSSR count). The molecule has 0 nitrogen and oxygen atoms in total. The van der Waals surface area contributed by atoms with Gasteiger partial charge < -0.3 is 0 Å². The van der Waals surface area contributed by atoms with Crippen molar-refractivity contribution in [3.8, 4) is 0 Å². The van der Waals surface area contributed by atoms with E-state index in [2.05, 4.69) is 31.4 Å². The summed E-state index contributed by atoms with van der Waals surface area (Å²) < 4.78 is 0. The normalized spacial score (nSPS) is 17.5. The van der Waals surface area contributed by atoms with Crippen molar-refractivity contribution in [3.05, 3.63) is 0 Å². The second-order valence-electron chi connectivity index (χ2n) is 3.26. The summed E-state index contributed by atoms with van der Waals surface area (Å²) >= 11 is 0. The van der Waals surface area contributed by atoms with Crippen LogP contribution in [0.1, 0.15) is 13.3 Å². The highest BCUT2D eigenvalue weighted by atomic mass is 32.4. The van der Waals surface area contributed by atoms with Gasteiger partial charge in [0.05, 0.1) is 26.2 Å². The summed E-state index contributed by atoms with van der Waals surface area (Å²) in [4.78, 5) is 0. The molecule has 6 unspecified atom stereocenters. The maximum absolute atomic E-state index is 3.14. The predicted molar refractivity (Wildman–Crippen MR) is 88.4 cm³/mol. The Kier molecular flexibility index (Phi) is 13.3. The van der Waals surface area contributed by atoms with E-state index >= 15 is 0 Å². The van der Waals surface area contributed by atoms with Crippen LogP contribution in [0.3, 0.4) is 0 Å². The van der Waals surface area contributed by atoms with E-state index in [0.29, 0.717) is 0 Å². The van der Waals surface area contributed by atoms with Gasteiger partial charge in [-0.3, -0.25) is 0 Å². The maximum Gasteiger partial charge on any atom is 0.0927 e. The Morgan fingerprint density at radius 3 is 2.54 bits per heavy atom. The molecule has 80 valence electrons. The summed E-state index contributed by atoms with van der Waals surface area (Å²) in [5.74, 6) is 1.55. The van der Waals surface area contributed by atoms with E-state index in [1.54, 1.807) is 18.2 Å². The summed E-state index contributed by atoms with van der Waals surface area (Å²) in [7, 11) is 8.51. The molecule has 6 heteroatoms. The van der Waals surface area contributed by atoms with E-state index in [4.69, 9.17) is 0 Å². The molecule has 0 bridgehead atoms. The van der Waals surface area contributed by atoms with Crippen molar-refractivity contribution in [3.63, 3.8) is 0 Å². The molecule has 0 fully saturated rings. The van der Waals surface area contributed by atoms with Crippen molar-refractivity contribution in [1.29, 1.82) is 0 Å². The van der Waals surface area contributed by atoms with Gasteiger partial charge in [0, 0.05) is 30.8 Å². The van der Waals surface area contributed by atoms with Crippen molar-refractivity contribution in [1.82, 2.24) is 0 Å². The highest BCUT2D eigenvalue weighted by molar-refractivity contribution is 8.44. The molecule has 0 heterocycles. The van der Waals surface area contributed by atoms with Crippen LogP contribution < -0.4 is 0 Å². The van der Waals surface area contributed by atoms with Crippen molar-refractivity contribution < 1.29 is 0 Å². The quantitative estimate of drug-likeness (QED) is 0.463. The standard InChI is InChI=1S/C7H22P6/c1-3-4-10-7-13(9)6-5-12(2)11-8/h10-11H,3-9H2,1-2H3/p+2. The number of hydrogen-bond donors (Lipinski definition) is 0. The zero-order chi connectivity index (χ0) is 10.1. The fourth-order valence-electron chi connectivity index (χ4n) is 0.934. The molecule has 0 saturated heterocycles. The van der Waals surface area contributed by atoms with Crippen molar-refractivity contribution in [2.45, 2.75) is 13.3 Å². The first-order valence-electron chi connectivity index (χ1n) is 4.80. The van der Waals surface area contributed by atoms with Gasteiger partial charge in [0.25, 0.3) is 0 Å². The molecule has 0 aliphatic carbocycles. The van der Waals surface area contributed by atoms with Gasteiger partial charge in [0.2, 0.25) is 0 Å². The van der Waals surface area contributed by atoms with Crippen LogP contribution >= 0.6 is 49.6 Å². The van der Waals surface area contributed by atoms with Crippen LogP contribution in [-0.4, -0.2) is 31.1 Å². The third kappa shape index (κ3) is 10.9. The van der Waals surface area contributed by atoms with E-state index in [-0.39, 0.29) is 15.2 Å². The van der Waals surface area contributed by atoms with Gasteiger partial charge in [-0.1, -0.05) is 30.9 Å². The lowest BCUT2D eigenvalue weighted by Gasteiger charge is -2.04. The zero-order valence-electron chi connectivity index (χ0n) is 8.69. The second kappa shape index (κ2) is 11.1. The SMILES string of the molecule is CCCPC[PH+](P)CC[PH+](C)PP. The Balaban J connectivity index is 3.24. The minimum Gasteiger partial charge on any atom is -0.0820 e. The third-order valence-corrected chi connectivity index (χ3v) is 17.8. The fourth-order valence-corrected chi connectivity index (χ4v) is 12.4. The van der Waals surface area contributed by atoms with Gasteiger partial charge >= 0.3 is 0 Å². The topological polar surface area (TPSA) is 0 Å². The first-order chi connectivity index (χ1) is 6.20. The lowest BCUT2D eigenvalue weighted by molar-refractivity contribution is 1.10. The van der Waals surface area contributed by atoms with Crippen molar-refractivity contribution >= 4 is 49.6 Å². The maximum atomic E-state index is 3.14. The Hall–Kier alpha value is 2.58. The summed E-state index contributed by atoms with van der Waals surface area (Å²) in [5.41, 5.74) is 0. The highest BCUT2D eigenvalue weighted by Crippen LogP contribution is 2.60. The molecule has 0 aromatic carbocycles. The molecule has 0 spiro atoms. The molecule has 6 atom stereocenters. The smallest absolute Gasteiger partial charge is 0.0820 e. The summed E-state index contributed by atoms with van der Waals surface area (Å²) in [6.07, 6.45) is 5.96. The minimum absolute atomic E-state index is 0.0174. The van der Waals surface area contributed by atoms with Crippen LogP contribution in [-0.2, 0) is 0 Å². The largest absolute Gasteiger partial charge is 0.0927 e. The van der Waals surface area contributed by atoms with Crippen LogP contribution in [0.5, 0.6) is 0 Å². The van der Waals surface area contributed by atoms with Gasteiger partial charge in [0.15, 0.2) is 0 Å². The van der Waals surface area contributed by atoms with Crippen LogP contribution in [0.2, 0.25) is 0 Å². The Morgan fingerprint density at radius 1 is 1.31 bits per heavy atom. The van der Waals surface area contributed by atoms with Crippen LogP contribution in [0, 0.1) is 0 Å². The second-order valence-corrected chi connectivity index (χ2v) is 18.3. The van der Waals surface area contributed by atoms with Crippen molar-refractivity contribution in [2.75, 3.05) is 31.1 Å². The lowest BCUT2D eigenvalue weighted by Crippen LogP contribution is -1.86. The first kappa shape index (κ1) is 15.6. The molecular weight excluding hydrogens is 270 g/mol. The van der Waals surface area contributed by atoms with Crippen LogP contribution in [0.25, 0.3) is 0 Å². The van der Waals surface area contributed by atoms with E-state index < -0.39 is 0 Å². The van der Waals surface area contributed by atoms with Gasteiger partial charge in [-0.25, -0.2) is 0 Å². The molecule has 0 aliphatic heterocycles. The van der Waals surface area contributed by atoms with E-state index in [0.717, 1.165) is 7.96 Å². The van der Waals surface area contributed by atoms with E-state index in [9.17, 15) is 0 Å². The zero-order valence-corrected chi connectivity index (χ0v) is 15.0. The number of hydrogen-bond acceptors (Lipinski definition) is 0. The van der Waals surface area contributed by atoms with E-state index in [1.165, 1.54) is 21.2 Å². The predicted octanol–water partition coefficient (Wildman–Crippen LogP) is 4.26. The molecule has 0 saturated carbocycles. The molecule has 0 aliphatic rings. The molecular formula is C7H24P6+2. The average molecular weight is 294 g/mol. The van der Waals surface area contributed by atoms with Crippen molar-refractivity contribution in [2.24, 2.45) is 0 Å². The van der Waals surface area contributed by atoms with Gasteiger partial charge in [-0.2, -0.15) is 0 Å². The Morgan fingerprint density at radius 2 is 2.00 bits per heavy atom. The third-order valence-electron chi connectivity index (χ3n) is 1.85. The number of rotatable bonds is 8. The van der Waals surface area contributed by atoms with Gasteiger partial charge in [0.1, 0.15) is 0 Å². The van der Waals surface area contributed by atoms with Crippen LogP contribution in [0.15, 0.2) is 0 Å². The van der Waals surface area contributed by atoms with Crippen LogP contribution in [0.4, 0.5) is 0 Å². The van der Waals surface area contributed by atoms with Gasteiger partial charge in [-0.15, -0.1) is 0 Å². The lowest BCUT2D eigenvalue weighted by atomic mass is 10.6.